The van der Waals surface area contributed by atoms with Crippen LogP contribution in [0.1, 0.15) is 50.5 Å². The van der Waals surface area contributed by atoms with E-state index in [9.17, 15) is 4.79 Å². The van der Waals surface area contributed by atoms with Gasteiger partial charge in [-0.25, -0.2) is 9.78 Å². The lowest BCUT2D eigenvalue weighted by Crippen LogP contribution is -2.64. The monoisotopic (exact) mass is 384 g/mol. The minimum absolute atomic E-state index is 0.0283. The Bertz CT molecular complexity index is 864. The first-order valence-corrected chi connectivity index (χ1v) is 11.0. The lowest BCUT2D eigenvalue weighted by molar-refractivity contribution is 0.0469. The third-order valence-corrected chi connectivity index (χ3v) is 7.68. The molecule has 144 valence electrons. The Hall–Kier alpha value is -1.66. The summed E-state index contributed by atoms with van der Waals surface area (Å²) >= 11 is 1.77. The van der Waals surface area contributed by atoms with E-state index in [2.05, 4.69) is 30.5 Å². The van der Waals surface area contributed by atoms with Gasteiger partial charge in [-0.2, -0.15) is 0 Å². The molecular weight excluding hydrogens is 356 g/mol. The molecule has 3 aliphatic rings. The molecule has 1 aliphatic carbocycles. The summed E-state index contributed by atoms with van der Waals surface area (Å²) in [6.07, 6.45) is 4.72. The number of benzene rings is 1. The molecule has 2 amide bonds. The Morgan fingerprint density at radius 3 is 2.67 bits per heavy atom. The Kier molecular flexibility index (Phi) is 4.17. The third-order valence-electron chi connectivity index (χ3n) is 6.50. The first-order valence-electron chi connectivity index (χ1n) is 10.2. The molecule has 0 radical (unpaired) electrons. The van der Waals surface area contributed by atoms with Crippen LogP contribution in [0.2, 0.25) is 0 Å². The van der Waals surface area contributed by atoms with Crippen LogP contribution in [0.15, 0.2) is 18.2 Å². The van der Waals surface area contributed by atoms with E-state index < -0.39 is 0 Å². The molecule has 3 heterocycles. The number of carbonyl (C=O) groups is 1. The quantitative estimate of drug-likeness (QED) is 0.824. The zero-order valence-electron chi connectivity index (χ0n) is 16.1. The van der Waals surface area contributed by atoms with Gasteiger partial charge in [-0.15, -0.1) is 11.3 Å². The summed E-state index contributed by atoms with van der Waals surface area (Å²) in [6, 6.07) is 6.72. The molecule has 2 saturated heterocycles. The molecule has 0 spiro atoms. The second kappa shape index (κ2) is 6.45. The van der Waals surface area contributed by atoms with E-state index in [1.54, 1.807) is 11.3 Å². The molecule has 0 bridgehead atoms. The van der Waals surface area contributed by atoms with Crippen LogP contribution in [-0.4, -0.2) is 41.6 Å². The second-order valence-electron chi connectivity index (χ2n) is 9.11. The van der Waals surface area contributed by atoms with Crippen molar-refractivity contribution in [2.45, 2.75) is 51.5 Å². The first kappa shape index (κ1) is 17.4. The minimum atomic E-state index is 0.0283. The van der Waals surface area contributed by atoms with Crippen molar-refractivity contribution >= 4 is 33.3 Å². The van der Waals surface area contributed by atoms with E-state index in [-0.39, 0.29) is 6.03 Å². The van der Waals surface area contributed by atoms with Gasteiger partial charge in [-0.05, 0) is 55.2 Å². The van der Waals surface area contributed by atoms with Crippen LogP contribution in [0, 0.1) is 11.3 Å². The highest BCUT2D eigenvalue weighted by Gasteiger charge is 2.43. The highest BCUT2D eigenvalue weighted by Crippen LogP contribution is 2.43. The lowest BCUT2D eigenvalue weighted by Gasteiger charge is -2.51. The number of nitrogens with one attached hydrogen (secondary N) is 2. The molecule has 5 nitrogen and oxygen atoms in total. The summed E-state index contributed by atoms with van der Waals surface area (Å²) in [5, 5.41) is 7.95. The predicted octanol–water partition coefficient (Wildman–Crippen LogP) is 4.42. The van der Waals surface area contributed by atoms with Gasteiger partial charge in [-0.1, -0.05) is 13.8 Å². The smallest absolute Gasteiger partial charge is 0.321 e. The van der Waals surface area contributed by atoms with Crippen LogP contribution in [-0.2, 0) is 0 Å². The van der Waals surface area contributed by atoms with Crippen molar-refractivity contribution in [3.8, 4) is 0 Å². The summed E-state index contributed by atoms with van der Waals surface area (Å²) in [5.74, 6) is 1.36. The molecule has 1 aromatic heterocycles. The molecule has 1 saturated carbocycles. The molecule has 2 N–H and O–H groups in total. The molecule has 2 aromatic rings. The van der Waals surface area contributed by atoms with Gasteiger partial charge in [-0.3, -0.25) is 0 Å². The molecule has 5 rings (SSSR count). The van der Waals surface area contributed by atoms with Crippen molar-refractivity contribution in [2.24, 2.45) is 11.3 Å². The van der Waals surface area contributed by atoms with E-state index in [0.29, 0.717) is 23.3 Å². The molecule has 3 fully saturated rings. The number of urea groups is 1. The zero-order valence-corrected chi connectivity index (χ0v) is 16.9. The maximum absolute atomic E-state index is 12.7. The number of hydrogen-bond acceptors (Lipinski definition) is 4. The second-order valence-corrected chi connectivity index (χ2v) is 10.2. The van der Waals surface area contributed by atoms with Crippen LogP contribution in [0.3, 0.4) is 0 Å². The highest BCUT2D eigenvalue weighted by molar-refractivity contribution is 7.18. The highest BCUT2D eigenvalue weighted by atomic mass is 32.1. The van der Waals surface area contributed by atoms with Gasteiger partial charge in [0, 0.05) is 37.3 Å². The van der Waals surface area contributed by atoms with Gasteiger partial charge in [0.1, 0.15) is 0 Å². The fourth-order valence-corrected chi connectivity index (χ4v) is 5.77. The molecule has 1 aromatic carbocycles. The van der Waals surface area contributed by atoms with Gasteiger partial charge in [0.15, 0.2) is 0 Å². The molecule has 1 unspecified atom stereocenters. The van der Waals surface area contributed by atoms with E-state index in [4.69, 9.17) is 4.98 Å². The number of carbonyl (C=O) groups excluding carboxylic acids is 1. The van der Waals surface area contributed by atoms with Crippen LogP contribution in [0.4, 0.5) is 10.5 Å². The third kappa shape index (κ3) is 3.34. The van der Waals surface area contributed by atoms with Crippen molar-refractivity contribution in [3.63, 3.8) is 0 Å². The van der Waals surface area contributed by atoms with Crippen molar-refractivity contribution in [1.29, 1.82) is 0 Å². The summed E-state index contributed by atoms with van der Waals surface area (Å²) in [6.45, 7) is 7.49. The Labute approximate surface area is 164 Å². The lowest BCUT2D eigenvalue weighted by atomic mass is 9.68. The number of hydrogen-bond donors (Lipinski definition) is 2. The predicted molar refractivity (Wildman–Crippen MR) is 110 cm³/mol. The maximum Gasteiger partial charge on any atom is 0.321 e. The summed E-state index contributed by atoms with van der Waals surface area (Å²) in [4.78, 5) is 19.4. The summed E-state index contributed by atoms with van der Waals surface area (Å²) in [7, 11) is 0. The molecular formula is C21H28N4OS. The summed E-state index contributed by atoms with van der Waals surface area (Å²) < 4.78 is 1.17. The number of aromatic nitrogens is 1. The average molecular weight is 385 g/mol. The van der Waals surface area contributed by atoms with Crippen LogP contribution in [0.25, 0.3) is 10.2 Å². The standard InChI is InChI=1S/C21H28N4OS/c1-21(2)12-22-18(21)13-7-9-25(10-8-13)20(26)23-15-5-6-16-17(11-15)27-19(24-16)14-3-4-14/h5-6,11,13-14,18,22H,3-4,7-10,12H2,1-2H3,(H,23,26). The van der Waals surface area contributed by atoms with Crippen molar-refractivity contribution in [1.82, 2.24) is 15.2 Å². The number of anilines is 1. The number of nitrogens with zero attached hydrogens (tertiary/aromatic N) is 2. The fraction of sp³-hybridized carbons (Fsp3) is 0.619. The Balaban J connectivity index is 1.20. The van der Waals surface area contributed by atoms with E-state index in [0.717, 1.165) is 43.7 Å². The Morgan fingerprint density at radius 2 is 2.04 bits per heavy atom. The van der Waals surface area contributed by atoms with Crippen LogP contribution < -0.4 is 10.6 Å². The number of thiazole rings is 1. The Morgan fingerprint density at radius 1 is 1.26 bits per heavy atom. The molecule has 27 heavy (non-hydrogen) atoms. The van der Waals surface area contributed by atoms with Crippen molar-refractivity contribution in [2.75, 3.05) is 25.0 Å². The molecule has 2 aliphatic heterocycles. The zero-order chi connectivity index (χ0) is 18.6. The molecule has 6 heteroatoms. The van der Waals surface area contributed by atoms with Gasteiger partial charge in [0.2, 0.25) is 0 Å². The van der Waals surface area contributed by atoms with E-state index >= 15 is 0 Å². The number of fused-ring (bicyclic) bond motifs is 1. The van der Waals surface area contributed by atoms with Gasteiger partial charge in [0.05, 0.1) is 15.2 Å². The molecule has 1 atom stereocenters. The number of rotatable bonds is 3. The first-order chi connectivity index (χ1) is 13.0. The summed E-state index contributed by atoms with van der Waals surface area (Å²) in [5.41, 5.74) is 2.33. The van der Waals surface area contributed by atoms with E-state index in [1.165, 1.54) is 22.5 Å². The van der Waals surface area contributed by atoms with E-state index in [1.807, 2.05) is 17.0 Å². The number of amides is 2. The van der Waals surface area contributed by atoms with Crippen LogP contribution >= 0.6 is 11.3 Å². The topological polar surface area (TPSA) is 57.3 Å². The number of piperidine rings is 1. The van der Waals surface area contributed by atoms with Gasteiger partial charge in [0.25, 0.3) is 0 Å². The van der Waals surface area contributed by atoms with Crippen molar-refractivity contribution < 1.29 is 4.79 Å². The average Bonchev–Trinajstić information content (AvgIpc) is 3.41. The van der Waals surface area contributed by atoms with Crippen molar-refractivity contribution in [3.05, 3.63) is 23.2 Å². The maximum atomic E-state index is 12.7. The van der Waals surface area contributed by atoms with Gasteiger partial charge < -0.3 is 15.5 Å². The SMILES string of the molecule is CC1(C)CNC1C1CCN(C(=O)Nc2ccc3nc(C4CC4)sc3c2)CC1. The largest absolute Gasteiger partial charge is 0.325 e. The normalized spacial score (nSPS) is 25.4. The van der Waals surface area contributed by atoms with Crippen LogP contribution in [0.5, 0.6) is 0 Å². The number of likely N-dealkylation sites (tertiary alicyclic amines) is 1. The fourth-order valence-electron chi connectivity index (χ4n) is 4.60. The van der Waals surface area contributed by atoms with Gasteiger partial charge >= 0.3 is 6.03 Å². The minimum Gasteiger partial charge on any atom is -0.325 e.